The Morgan fingerprint density at radius 1 is 0.836 bits per heavy atom. The van der Waals surface area contributed by atoms with Gasteiger partial charge in [-0.2, -0.15) is 0 Å². The summed E-state index contributed by atoms with van der Waals surface area (Å²) in [6.07, 6.45) is 1.44. The summed E-state index contributed by atoms with van der Waals surface area (Å²) in [5, 5.41) is 39.8. The number of aliphatic hydroxyl groups is 2. The number of fused-ring (bicyclic) bond motifs is 1. The van der Waals surface area contributed by atoms with Gasteiger partial charge in [-0.1, -0.05) is 91.0 Å². The first-order valence-electron chi connectivity index (χ1n) is 20.7. The number of esters is 1. The summed E-state index contributed by atoms with van der Waals surface area (Å²) in [7, 11) is 0. The van der Waals surface area contributed by atoms with Crippen molar-refractivity contribution in [2.75, 3.05) is 39.4 Å². The van der Waals surface area contributed by atoms with Gasteiger partial charge in [0, 0.05) is 48.8 Å². The van der Waals surface area contributed by atoms with E-state index in [2.05, 4.69) is 44.8 Å². The summed E-state index contributed by atoms with van der Waals surface area (Å²) in [6.45, 7) is 4.29. The molecule has 0 spiro atoms. The summed E-state index contributed by atoms with van der Waals surface area (Å²) in [5.74, 6) is -0.341. The first-order chi connectivity index (χ1) is 29.7. The number of ether oxygens (including phenoxy) is 2. The number of piperidine rings is 1. The monoisotopic (exact) mass is 824 g/mol. The number of nitrogens with zero attached hydrogens (tertiary/aromatic N) is 1. The maximum absolute atomic E-state index is 13.8. The highest BCUT2D eigenvalue weighted by atomic mass is 16.5. The Morgan fingerprint density at radius 3 is 2.31 bits per heavy atom. The molecule has 5 aromatic carbocycles. The minimum atomic E-state index is -2.04. The van der Waals surface area contributed by atoms with Crippen molar-refractivity contribution in [2.45, 2.75) is 44.1 Å². The van der Waals surface area contributed by atoms with E-state index < -0.39 is 17.7 Å². The van der Waals surface area contributed by atoms with Gasteiger partial charge in [0.25, 0.3) is 5.91 Å². The summed E-state index contributed by atoms with van der Waals surface area (Å²) >= 11 is 0. The molecule has 12 heteroatoms. The number of amides is 1. The van der Waals surface area contributed by atoms with E-state index in [0.29, 0.717) is 52.9 Å². The van der Waals surface area contributed by atoms with Crippen LogP contribution in [0.2, 0.25) is 0 Å². The molecule has 1 unspecified atom stereocenters. The molecule has 7 rings (SSSR count). The summed E-state index contributed by atoms with van der Waals surface area (Å²) in [5.41, 5.74) is 1.92. The molecule has 316 valence electrons. The number of pyridine rings is 1. The van der Waals surface area contributed by atoms with Crippen LogP contribution in [0.25, 0.3) is 10.9 Å². The molecule has 12 nitrogen and oxygen atoms in total. The lowest BCUT2D eigenvalue weighted by Crippen LogP contribution is -2.40. The lowest BCUT2D eigenvalue weighted by atomic mass is 9.86. The number of phenols is 1. The quantitative estimate of drug-likeness (QED) is 0.0450. The number of hydrogen-bond acceptors (Lipinski definition) is 10. The molecule has 1 aliphatic rings. The third-order valence-electron chi connectivity index (χ3n) is 11.2. The number of aliphatic hydroxyl groups excluding tert-OH is 1. The largest absolute Gasteiger partial charge is 0.506 e. The second-order valence-electron chi connectivity index (χ2n) is 15.5. The van der Waals surface area contributed by atoms with Crippen molar-refractivity contribution >= 4 is 22.8 Å². The predicted octanol–water partition coefficient (Wildman–Crippen LogP) is 5.95. The number of phenolic OH excluding ortho intramolecular Hbond substituents is 1. The number of carbonyl (C=O) groups is 2. The Bertz CT molecular complexity index is 2440. The molecular weight excluding hydrogens is 773 g/mol. The Balaban J connectivity index is 0.855. The molecular formula is C49H52N4O8. The molecule has 1 fully saturated rings. The van der Waals surface area contributed by atoms with Crippen molar-refractivity contribution in [3.05, 3.63) is 177 Å². The topological polar surface area (TPSA) is 173 Å². The second kappa shape index (κ2) is 20.3. The zero-order chi connectivity index (χ0) is 42.6. The molecule has 0 aliphatic carbocycles. The van der Waals surface area contributed by atoms with Gasteiger partial charge in [-0.25, -0.2) is 4.79 Å². The van der Waals surface area contributed by atoms with Gasteiger partial charge in [0.2, 0.25) is 11.2 Å². The average Bonchev–Trinajstić information content (AvgIpc) is 3.29. The SMILES string of the molecule is O=C(NCCCOc1cccc([C@@](O)(C(=O)OCC2CCN(Cc3ccccc3)CC2)c2ccccc2)c1)c1ccc(CNCC(O)c2ccc(O)c3[nH]c(=O)ccc23)cc1. The van der Waals surface area contributed by atoms with Crippen LogP contribution in [-0.4, -0.2) is 76.5 Å². The summed E-state index contributed by atoms with van der Waals surface area (Å²) in [4.78, 5) is 43.4. The van der Waals surface area contributed by atoms with Gasteiger partial charge in [-0.05, 0) is 96.9 Å². The lowest BCUT2D eigenvalue weighted by molar-refractivity contribution is -0.164. The van der Waals surface area contributed by atoms with Crippen LogP contribution in [-0.2, 0) is 28.2 Å². The van der Waals surface area contributed by atoms with Gasteiger partial charge in [0.1, 0.15) is 11.5 Å². The number of likely N-dealkylation sites (tertiary alicyclic amines) is 1. The van der Waals surface area contributed by atoms with Crippen LogP contribution in [0.5, 0.6) is 11.5 Å². The van der Waals surface area contributed by atoms with Crippen molar-refractivity contribution in [3.8, 4) is 11.5 Å². The van der Waals surface area contributed by atoms with Crippen LogP contribution >= 0.6 is 0 Å². The fourth-order valence-corrected chi connectivity index (χ4v) is 7.70. The third-order valence-corrected chi connectivity index (χ3v) is 11.2. The van der Waals surface area contributed by atoms with Crippen molar-refractivity contribution in [1.29, 1.82) is 0 Å². The highest BCUT2D eigenvalue weighted by Gasteiger charge is 2.42. The highest BCUT2D eigenvalue weighted by Crippen LogP contribution is 2.34. The molecule has 2 atom stereocenters. The number of aromatic hydroxyl groups is 1. The Labute approximate surface area is 354 Å². The fraction of sp³-hybridized carbons (Fsp3) is 0.286. The van der Waals surface area contributed by atoms with Crippen molar-refractivity contribution < 1.29 is 34.4 Å². The van der Waals surface area contributed by atoms with E-state index in [9.17, 15) is 29.7 Å². The van der Waals surface area contributed by atoms with Gasteiger partial charge in [-0.3, -0.25) is 14.5 Å². The maximum Gasteiger partial charge on any atom is 0.347 e. The fourth-order valence-electron chi connectivity index (χ4n) is 7.70. The number of H-pyrrole nitrogens is 1. The van der Waals surface area contributed by atoms with E-state index in [-0.39, 0.29) is 48.4 Å². The standard InChI is InChI=1S/C49H52N4O8/c54-43-21-19-41(42-20-22-45(56)52-46(42)43)44(55)31-50-30-34-15-17-37(18-16-34)47(57)51-25-8-28-60-40-14-7-13-39(29-40)49(59,38-11-5-2-6-12-38)48(58)61-33-36-23-26-53(27-24-36)32-35-9-3-1-4-10-35/h1-7,9-22,29,36,44,50,54-55,59H,8,23-28,30-33H2,(H,51,57)(H,52,56)/t44?,49-/m1/s1. The second-order valence-corrected chi connectivity index (χ2v) is 15.5. The molecule has 1 amide bonds. The lowest BCUT2D eigenvalue weighted by Gasteiger charge is -2.33. The number of rotatable bonds is 18. The molecule has 0 saturated carbocycles. The highest BCUT2D eigenvalue weighted by molar-refractivity contribution is 5.94. The molecule has 0 radical (unpaired) electrons. The van der Waals surface area contributed by atoms with Crippen LogP contribution in [0, 0.1) is 5.92 Å². The van der Waals surface area contributed by atoms with E-state index in [1.807, 2.05) is 24.3 Å². The maximum atomic E-state index is 13.8. The zero-order valence-corrected chi connectivity index (χ0v) is 34.0. The average molecular weight is 825 g/mol. The Hall–Kier alpha value is -6.31. The summed E-state index contributed by atoms with van der Waals surface area (Å²) in [6, 6.07) is 39.2. The third kappa shape index (κ3) is 10.9. The minimum Gasteiger partial charge on any atom is -0.506 e. The molecule has 6 aromatic rings. The summed E-state index contributed by atoms with van der Waals surface area (Å²) < 4.78 is 11.9. The van der Waals surface area contributed by atoms with E-state index in [0.717, 1.165) is 38.0 Å². The first kappa shape index (κ1) is 42.8. The van der Waals surface area contributed by atoms with Gasteiger partial charge >= 0.3 is 5.97 Å². The number of benzene rings is 5. The van der Waals surface area contributed by atoms with E-state index in [4.69, 9.17) is 9.47 Å². The van der Waals surface area contributed by atoms with Crippen molar-refractivity contribution in [3.63, 3.8) is 0 Å². The number of aromatic amines is 1. The van der Waals surface area contributed by atoms with Gasteiger partial charge in [-0.15, -0.1) is 0 Å². The molecule has 1 aliphatic heterocycles. The van der Waals surface area contributed by atoms with E-state index in [1.165, 1.54) is 17.7 Å². The Morgan fingerprint density at radius 2 is 1.56 bits per heavy atom. The minimum absolute atomic E-state index is 0.0670. The van der Waals surface area contributed by atoms with Crippen LogP contribution < -0.4 is 20.9 Å². The molecule has 2 heterocycles. The number of hydrogen-bond donors (Lipinski definition) is 6. The smallest absolute Gasteiger partial charge is 0.347 e. The normalized spacial score (nSPS) is 14.9. The first-order valence-corrected chi connectivity index (χ1v) is 20.7. The Kier molecular flexibility index (Phi) is 14.2. The molecule has 6 N–H and O–H groups in total. The van der Waals surface area contributed by atoms with Gasteiger partial charge < -0.3 is 40.4 Å². The van der Waals surface area contributed by atoms with Gasteiger partial charge in [0.15, 0.2) is 0 Å². The van der Waals surface area contributed by atoms with E-state index >= 15 is 0 Å². The number of aromatic nitrogens is 1. The van der Waals surface area contributed by atoms with Crippen molar-refractivity contribution in [1.82, 2.24) is 20.5 Å². The molecule has 0 bridgehead atoms. The van der Waals surface area contributed by atoms with Crippen LogP contribution in [0.3, 0.4) is 0 Å². The van der Waals surface area contributed by atoms with Crippen molar-refractivity contribution in [2.24, 2.45) is 5.92 Å². The number of nitrogens with one attached hydrogen (secondary N) is 3. The van der Waals surface area contributed by atoms with Gasteiger partial charge in [0.05, 0.1) is 24.8 Å². The zero-order valence-electron chi connectivity index (χ0n) is 34.0. The predicted molar refractivity (Wildman–Crippen MR) is 233 cm³/mol. The van der Waals surface area contributed by atoms with Crippen LogP contribution in [0.15, 0.2) is 138 Å². The van der Waals surface area contributed by atoms with Crippen LogP contribution in [0.1, 0.15) is 63.5 Å². The van der Waals surface area contributed by atoms with Crippen LogP contribution in [0.4, 0.5) is 0 Å². The molecule has 1 saturated heterocycles. The number of carbonyl (C=O) groups excluding carboxylic acids is 2. The van der Waals surface area contributed by atoms with E-state index in [1.54, 1.807) is 72.8 Å². The molecule has 61 heavy (non-hydrogen) atoms. The molecule has 1 aromatic heterocycles.